The normalized spacial score (nSPS) is 14.2. The summed E-state index contributed by atoms with van der Waals surface area (Å²) in [6.07, 6.45) is 2.45. The summed E-state index contributed by atoms with van der Waals surface area (Å²) in [6, 6.07) is 3.67. The standard InChI is InChI=1S/C14H20N4O2/c1-4-14(3,19-5-2)13-17-12(20-18-13)10-6-7-16-11(8-10)9-15/h6-8H,4-5,9,15H2,1-3H3. The first kappa shape index (κ1) is 14.6. The van der Waals surface area contributed by atoms with Crippen molar-refractivity contribution in [2.45, 2.75) is 39.3 Å². The van der Waals surface area contributed by atoms with Gasteiger partial charge in [-0.25, -0.2) is 0 Å². The van der Waals surface area contributed by atoms with Gasteiger partial charge in [-0.05, 0) is 32.4 Å². The van der Waals surface area contributed by atoms with Crippen LogP contribution in [0.15, 0.2) is 22.9 Å². The minimum Gasteiger partial charge on any atom is -0.367 e. The van der Waals surface area contributed by atoms with Crippen LogP contribution in [0.3, 0.4) is 0 Å². The van der Waals surface area contributed by atoms with Crippen LogP contribution in [0, 0.1) is 0 Å². The van der Waals surface area contributed by atoms with Crippen LogP contribution in [0.5, 0.6) is 0 Å². The number of hydrogen-bond donors (Lipinski definition) is 1. The van der Waals surface area contributed by atoms with Gasteiger partial charge in [0.15, 0.2) is 0 Å². The van der Waals surface area contributed by atoms with E-state index in [2.05, 4.69) is 15.1 Å². The summed E-state index contributed by atoms with van der Waals surface area (Å²) in [7, 11) is 0. The van der Waals surface area contributed by atoms with Crippen molar-refractivity contribution < 1.29 is 9.26 Å². The van der Waals surface area contributed by atoms with Crippen molar-refractivity contribution in [3.63, 3.8) is 0 Å². The maximum atomic E-state index is 5.74. The number of rotatable bonds is 6. The molecule has 0 aliphatic carbocycles. The third kappa shape index (κ3) is 2.86. The SMILES string of the molecule is CCOC(C)(CC)c1noc(-c2ccnc(CN)c2)n1. The lowest BCUT2D eigenvalue weighted by Crippen LogP contribution is -2.26. The molecule has 6 nitrogen and oxygen atoms in total. The van der Waals surface area contributed by atoms with Crippen molar-refractivity contribution in [3.05, 3.63) is 29.8 Å². The van der Waals surface area contributed by atoms with Gasteiger partial charge in [-0.15, -0.1) is 0 Å². The molecule has 1 atom stereocenters. The highest BCUT2D eigenvalue weighted by Crippen LogP contribution is 2.28. The maximum absolute atomic E-state index is 5.74. The van der Waals surface area contributed by atoms with Crippen LogP contribution >= 0.6 is 0 Å². The zero-order valence-electron chi connectivity index (χ0n) is 12.1. The predicted molar refractivity (Wildman–Crippen MR) is 74.7 cm³/mol. The topological polar surface area (TPSA) is 87.1 Å². The smallest absolute Gasteiger partial charge is 0.258 e. The van der Waals surface area contributed by atoms with E-state index in [1.165, 1.54) is 0 Å². The number of nitrogens with zero attached hydrogens (tertiary/aromatic N) is 3. The van der Waals surface area contributed by atoms with Gasteiger partial charge in [0.25, 0.3) is 5.89 Å². The van der Waals surface area contributed by atoms with Crippen molar-refractivity contribution in [2.75, 3.05) is 6.61 Å². The number of hydrogen-bond acceptors (Lipinski definition) is 6. The van der Waals surface area contributed by atoms with Gasteiger partial charge in [-0.1, -0.05) is 12.1 Å². The highest BCUT2D eigenvalue weighted by atomic mass is 16.5. The third-order valence-corrected chi connectivity index (χ3v) is 3.31. The fraction of sp³-hybridized carbons (Fsp3) is 0.500. The Morgan fingerprint density at radius 1 is 1.40 bits per heavy atom. The zero-order chi connectivity index (χ0) is 14.6. The van der Waals surface area contributed by atoms with E-state index in [0.717, 1.165) is 17.7 Å². The lowest BCUT2D eigenvalue weighted by molar-refractivity contribution is -0.0403. The molecule has 0 spiro atoms. The third-order valence-electron chi connectivity index (χ3n) is 3.31. The quantitative estimate of drug-likeness (QED) is 0.870. The van der Waals surface area contributed by atoms with Gasteiger partial charge in [0, 0.05) is 24.9 Å². The van der Waals surface area contributed by atoms with E-state index in [1.807, 2.05) is 32.9 Å². The molecular formula is C14H20N4O2. The van der Waals surface area contributed by atoms with Crippen LogP contribution in [0.4, 0.5) is 0 Å². The second kappa shape index (κ2) is 6.11. The number of nitrogens with two attached hydrogens (primary N) is 1. The van der Waals surface area contributed by atoms with Crippen molar-refractivity contribution in [2.24, 2.45) is 5.73 Å². The average Bonchev–Trinajstić information content (AvgIpc) is 2.98. The van der Waals surface area contributed by atoms with Gasteiger partial charge in [-0.2, -0.15) is 4.98 Å². The lowest BCUT2D eigenvalue weighted by Gasteiger charge is -2.23. The Bertz CT molecular complexity index is 570. The first-order valence-corrected chi connectivity index (χ1v) is 6.76. The van der Waals surface area contributed by atoms with Crippen LogP contribution < -0.4 is 5.73 Å². The van der Waals surface area contributed by atoms with Crippen LogP contribution in [-0.4, -0.2) is 21.7 Å². The molecule has 0 aromatic carbocycles. The van der Waals surface area contributed by atoms with E-state index in [1.54, 1.807) is 6.20 Å². The molecule has 2 N–H and O–H groups in total. The van der Waals surface area contributed by atoms with Crippen LogP contribution in [0.1, 0.15) is 38.7 Å². The van der Waals surface area contributed by atoms with Crippen LogP contribution in [0.25, 0.3) is 11.5 Å². The summed E-state index contributed by atoms with van der Waals surface area (Å²) in [5.41, 5.74) is 6.65. The zero-order valence-corrected chi connectivity index (χ0v) is 12.1. The molecule has 1 unspecified atom stereocenters. The minimum atomic E-state index is -0.528. The van der Waals surface area contributed by atoms with E-state index < -0.39 is 5.60 Å². The number of ether oxygens (including phenoxy) is 1. The average molecular weight is 276 g/mol. The van der Waals surface area contributed by atoms with Crippen LogP contribution in [0.2, 0.25) is 0 Å². The Morgan fingerprint density at radius 3 is 2.85 bits per heavy atom. The van der Waals surface area contributed by atoms with E-state index in [9.17, 15) is 0 Å². The second-order valence-electron chi connectivity index (χ2n) is 4.68. The van der Waals surface area contributed by atoms with Crippen molar-refractivity contribution in [1.29, 1.82) is 0 Å². The Kier molecular flexibility index (Phi) is 4.46. The summed E-state index contributed by atoms with van der Waals surface area (Å²) in [5, 5.41) is 4.05. The molecule has 0 aliphatic rings. The highest BCUT2D eigenvalue weighted by Gasteiger charge is 2.31. The molecule has 6 heteroatoms. The Morgan fingerprint density at radius 2 is 2.20 bits per heavy atom. The van der Waals surface area contributed by atoms with Crippen molar-refractivity contribution in [3.8, 4) is 11.5 Å². The molecule has 0 amide bonds. The fourth-order valence-electron chi connectivity index (χ4n) is 1.92. The Balaban J connectivity index is 2.32. The van der Waals surface area contributed by atoms with Crippen LogP contribution in [-0.2, 0) is 16.9 Å². The van der Waals surface area contributed by atoms with Gasteiger partial charge in [0.2, 0.25) is 5.82 Å². The van der Waals surface area contributed by atoms with E-state index >= 15 is 0 Å². The van der Waals surface area contributed by atoms with E-state index in [4.69, 9.17) is 15.0 Å². The van der Waals surface area contributed by atoms with Gasteiger partial charge in [0.05, 0.1) is 5.69 Å². The van der Waals surface area contributed by atoms with Gasteiger partial charge in [0.1, 0.15) is 5.60 Å². The molecule has 2 heterocycles. The summed E-state index contributed by atoms with van der Waals surface area (Å²) in [5.74, 6) is 1.01. The predicted octanol–water partition coefficient (Wildman–Crippen LogP) is 2.25. The number of pyridine rings is 1. The lowest BCUT2D eigenvalue weighted by atomic mass is 10.0. The van der Waals surface area contributed by atoms with Crippen molar-refractivity contribution in [1.82, 2.24) is 15.1 Å². The van der Waals surface area contributed by atoms with Gasteiger partial charge >= 0.3 is 0 Å². The first-order valence-electron chi connectivity index (χ1n) is 6.76. The van der Waals surface area contributed by atoms with Gasteiger partial charge in [-0.3, -0.25) is 4.98 Å². The molecule has 108 valence electrons. The molecule has 0 saturated carbocycles. The van der Waals surface area contributed by atoms with E-state index in [0.29, 0.717) is 24.9 Å². The molecule has 20 heavy (non-hydrogen) atoms. The first-order chi connectivity index (χ1) is 9.62. The molecule has 0 radical (unpaired) electrons. The molecule has 0 saturated heterocycles. The summed E-state index contributed by atoms with van der Waals surface area (Å²) in [6.45, 7) is 6.92. The molecule has 2 aromatic heterocycles. The Hall–Kier alpha value is -1.79. The second-order valence-corrected chi connectivity index (χ2v) is 4.68. The number of aromatic nitrogens is 3. The molecule has 0 fully saturated rings. The highest BCUT2D eigenvalue weighted by molar-refractivity contribution is 5.52. The Labute approximate surface area is 118 Å². The van der Waals surface area contributed by atoms with Crippen molar-refractivity contribution >= 4 is 0 Å². The molecule has 0 aliphatic heterocycles. The summed E-state index contributed by atoms with van der Waals surface area (Å²) in [4.78, 5) is 8.59. The molecule has 2 rings (SSSR count). The molecular weight excluding hydrogens is 256 g/mol. The largest absolute Gasteiger partial charge is 0.367 e. The molecule has 2 aromatic rings. The minimum absolute atomic E-state index is 0.375. The van der Waals surface area contributed by atoms with Gasteiger partial charge < -0.3 is 15.0 Å². The molecule has 0 bridgehead atoms. The van der Waals surface area contributed by atoms with E-state index in [-0.39, 0.29) is 0 Å². The summed E-state index contributed by atoms with van der Waals surface area (Å²) < 4.78 is 11.1. The maximum Gasteiger partial charge on any atom is 0.258 e. The fourth-order valence-corrected chi connectivity index (χ4v) is 1.92. The monoisotopic (exact) mass is 276 g/mol. The summed E-state index contributed by atoms with van der Waals surface area (Å²) >= 11 is 0.